The fourth-order valence-electron chi connectivity index (χ4n) is 4.27. The molecule has 3 aromatic rings. The van der Waals surface area contributed by atoms with Crippen LogP contribution >= 0.6 is 11.6 Å². The Balaban J connectivity index is 1.46. The topological polar surface area (TPSA) is 67.3 Å². The normalized spacial score (nSPS) is 14.9. The number of likely N-dealkylation sites (tertiary alicyclic amines) is 1. The molecule has 0 atom stereocenters. The van der Waals surface area contributed by atoms with Crippen molar-refractivity contribution in [1.82, 2.24) is 9.88 Å². The lowest BCUT2D eigenvalue weighted by Gasteiger charge is -2.32. The molecular weight excluding hydrogens is 463 g/mol. The number of sulfone groups is 1. The van der Waals surface area contributed by atoms with Crippen molar-refractivity contribution in [3.05, 3.63) is 94.0 Å². The molecule has 1 aliphatic heterocycles. The zero-order chi connectivity index (χ0) is 23.6. The van der Waals surface area contributed by atoms with E-state index in [1.165, 1.54) is 12.1 Å². The van der Waals surface area contributed by atoms with E-state index in [9.17, 15) is 17.6 Å². The summed E-state index contributed by atoms with van der Waals surface area (Å²) in [6.45, 7) is 2.81. The van der Waals surface area contributed by atoms with Crippen LogP contribution in [0.25, 0.3) is 0 Å². The first kappa shape index (κ1) is 23.4. The molecule has 1 fully saturated rings. The first-order chi connectivity index (χ1) is 15.7. The molecule has 0 N–H and O–H groups in total. The molecule has 0 aliphatic carbocycles. The lowest BCUT2D eigenvalue weighted by Crippen LogP contribution is -2.38. The summed E-state index contributed by atoms with van der Waals surface area (Å²) in [5.74, 6) is -0.548. The fourth-order valence-corrected chi connectivity index (χ4v) is 6.46. The average Bonchev–Trinajstić information content (AvgIpc) is 2.79. The van der Waals surface area contributed by atoms with E-state index >= 15 is 0 Å². The number of rotatable bonds is 5. The third-order valence-electron chi connectivity index (χ3n) is 5.96. The fraction of sp³-hybridized carbons (Fsp3) is 0.280. The molecule has 1 saturated heterocycles. The minimum Gasteiger partial charge on any atom is -0.337 e. The van der Waals surface area contributed by atoms with E-state index in [0.717, 1.165) is 18.4 Å². The van der Waals surface area contributed by atoms with Gasteiger partial charge in [0.25, 0.3) is 5.91 Å². The van der Waals surface area contributed by atoms with Crippen LogP contribution < -0.4 is 0 Å². The number of aromatic nitrogens is 1. The summed E-state index contributed by atoms with van der Waals surface area (Å²) in [6, 6.07) is 16.3. The van der Waals surface area contributed by atoms with E-state index in [0.29, 0.717) is 24.3 Å². The molecule has 2 aromatic carbocycles. The second kappa shape index (κ2) is 9.61. The number of nitrogens with zero attached hydrogens (tertiary/aromatic N) is 2. The van der Waals surface area contributed by atoms with E-state index in [2.05, 4.69) is 4.98 Å². The highest BCUT2D eigenvalue weighted by Gasteiger charge is 2.26. The molecule has 1 aromatic heterocycles. The van der Waals surface area contributed by atoms with Crippen LogP contribution in [0.3, 0.4) is 0 Å². The van der Waals surface area contributed by atoms with Gasteiger partial charge in [-0.3, -0.25) is 4.79 Å². The second-order valence-corrected chi connectivity index (χ2v) is 10.6. The zero-order valence-electron chi connectivity index (χ0n) is 18.2. The molecule has 8 heteroatoms. The average molecular weight is 487 g/mol. The van der Waals surface area contributed by atoms with Crippen molar-refractivity contribution >= 4 is 27.3 Å². The lowest BCUT2D eigenvalue weighted by atomic mass is 9.89. The molecule has 0 bridgehead atoms. The highest BCUT2D eigenvalue weighted by Crippen LogP contribution is 2.29. The van der Waals surface area contributed by atoms with Crippen LogP contribution in [-0.4, -0.2) is 37.3 Å². The summed E-state index contributed by atoms with van der Waals surface area (Å²) >= 11 is 6.15. The van der Waals surface area contributed by atoms with E-state index in [1.807, 2.05) is 0 Å². The number of benzene rings is 2. The van der Waals surface area contributed by atoms with Gasteiger partial charge in [0.05, 0.1) is 21.4 Å². The smallest absolute Gasteiger partial charge is 0.272 e. The van der Waals surface area contributed by atoms with Crippen molar-refractivity contribution in [3.63, 3.8) is 0 Å². The van der Waals surface area contributed by atoms with E-state index in [4.69, 9.17) is 11.6 Å². The lowest BCUT2D eigenvalue weighted by molar-refractivity contribution is 0.0706. The maximum Gasteiger partial charge on any atom is 0.272 e. The second-order valence-electron chi connectivity index (χ2n) is 8.28. The molecule has 0 spiro atoms. The quantitative estimate of drug-likeness (QED) is 0.498. The summed E-state index contributed by atoms with van der Waals surface area (Å²) < 4.78 is 39.1. The van der Waals surface area contributed by atoms with Gasteiger partial charge in [-0.25, -0.2) is 17.8 Å². The van der Waals surface area contributed by atoms with Crippen molar-refractivity contribution in [2.75, 3.05) is 13.1 Å². The van der Waals surface area contributed by atoms with Crippen LogP contribution in [0.1, 0.15) is 46.1 Å². The molecule has 2 heterocycles. The van der Waals surface area contributed by atoms with Gasteiger partial charge in [0.1, 0.15) is 11.5 Å². The Morgan fingerprint density at radius 2 is 1.73 bits per heavy atom. The number of carbonyl (C=O) groups excluding carboxylic acids is 1. The number of pyridine rings is 1. The zero-order valence-corrected chi connectivity index (χ0v) is 19.7. The number of piperidine rings is 1. The molecule has 172 valence electrons. The van der Waals surface area contributed by atoms with E-state index in [1.54, 1.807) is 60.4 Å². The molecule has 33 heavy (non-hydrogen) atoms. The number of amides is 1. The van der Waals surface area contributed by atoms with Gasteiger partial charge in [0, 0.05) is 13.1 Å². The van der Waals surface area contributed by atoms with Crippen molar-refractivity contribution < 1.29 is 17.6 Å². The summed E-state index contributed by atoms with van der Waals surface area (Å²) in [7, 11) is -3.73. The minimum absolute atomic E-state index is 0.0908. The van der Waals surface area contributed by atoms with Crippen LogP contribution in [-0.2, 0) is 15.6 Å². The Hall–Kier alpha value is -2.77. The van der Waals surface area contributed by atoms with Crippen LogP contribution in [0.5, 0.6) is 0 Å². The van der Waals surface area contributed by atoms with Crippen molar-refractivity contribution in [3.8, 4) is 0 Å². The number of aryl methyl sites for hydroxylation is 1. The van der Waals surface area contributed by atoms with Crippen molar-refractivity contribution in [2.24, 2.45) is 0 Å². The third kappa shape index (κ3) is 5.25. The Labute approximate surface area is 198 Å². The summed E-state index contributed by atoms with van der Waals surface area (Å²) in [4.78, 5) is 19.2. The van der Waals surface area contributed by atoms with Gasteiger partial charge in [-0.1, -0.05) is 41.9 Å². The number of halogens is 2. The Morgan fingerprint density at radius 1 is 1.06 bits per heavy atom. The van der Waals surface area contributed by atoms with Crippen LogP contribution in [0.2, 0.25) is 5.02 Å². The van der Waals surface area contributed by atoms with Gasteiger partial charge in [-0.2, -0.15) is 0 Å². The highest BCUT2D eigenvalue weighted by molar-refractivity contribution is 7.90. The molecule has 1 amide bonds. The number of carbonyl (C=O) groups is 1. The first-order valence-electron chi connectivity index (χ1n) is 10.7. The van der Waals surface area contributed by atoms with Gasteiger partial charge in [0.2, 0.25) is 0 Å². The van der Waals surface area contributed by atoms with E-state index < -0.39 is 9.84 Å². The first-order valence-corrected chi connectivity index (χ1v) is 12.8. The molecule has 0 radical (unpaired) electrons. The maximum atomic E-state index is 13.2. The minimum atomic E-state index is -3.73. The molecular formula is C25H24ClFN2O3S. The highest BCUT2D eigenvalue weighted by atomic mass is 35.5. The molecule has 5 nitrogen and oxygen atoms in total. The predicted molar refractivity (Wildman–Crippen MR) is 126 cm³/mol. The Bertz CT molecular complexity index is 1250. The molecule has 4 rings (SSSR count). The molecule has 1 aliphatic rings. The largest absolute Gasteiger partial charge is 0.337 e. The van der Waals surface area contributed by atoms with Crippen LogP contribution in [0.4, 0.5) is 4.39 Å². The maximum absolute atomic E-state index is 13.2. The summed E-state index contributed by atoms with van der Waals surface area (Å²) in [6.07, 6.45) is 1.55. The van der Waals surface area contributed by atoms with E-state index in [-0.39, 0.29) is 39.0 Å². The van der Waals surface area contributed by atoms with Gasteiger partial charge in [-0.15, -0.1) is 0 Å². The van der Waals surface area contributed by atoms with Gasteiger partial charge in [0.15, 0.2) is 9.84 Å². The SMILES string of the molecule is Cc1cccc(Cl)c1S(=O)(=O)Cc1cccc(C(=O)N2CCC(c3ccc(F)cc3)CC2)n1. The molecule has 0 unspecified atom stereocenters. The Morgan fingerprint density at radius 3 is 2.39 bits per heavy atom. The standard InChI is InChI=1S/C25H24ClFN2O3S/c1-17-4-2-6-22(26)24(17)33(31,32)16-21-5-3-7-23(28-21)25(30)29-14-12-19(13-15-29)18-8-10-20(27)11-9-18/h2-11,19H,12-16H2,1H3. The van der Waals surface area contributed by atoms with Crippen molar-refractivity contribution in [2.45, 2.75) is 36.3 Å². The predicted octanol–water partition coefficient (Wildman–Crippen LogP) is 5.18. The van der Waals surface area contributed by atoms with Crippen molar-refractivity contribution in [1.29, 1.82) is 0 Å². The summed E-state index contributed by atoms with van der Waals surface area (Å²) in [5.41, 5.74) is 2.16. The Kier molecular flexibility index (Phi) is 6.81. The van der Waals surface area contributed by atoms with Gasteiger partial charge >= 0.3 is 0 Å². The van der Waals surface area contributed by atoms with Crippen LogP contribution in [0, 0.1) is 12.7 Å². The number of hydrogen-bond donors (Lipinski definition) is 0. The third-order valence-corrected chi connectivity index (χ3v) is 8.23. The van der Waals surface area contributed by atoms with Gasteiger partial charge in [-0.05, 0) is 67.1 Å². The summed E-state index contributed by atoms with van der Waals surface area (Å²) in [5, 5.41) is 0.172. The number of hydrogen-bond acceptors (Lipinski definition) is 4. The van der Waals surface area contributed by atoms with Crippen LogP contribution in [0.15, 0.2) is 65.6 Å². The monoisotopic (exact) mass is 486 g/mol. The molecule has 0 saturated carbocycles. The van der Waals surface area contributed by atoms with Gasteiger partial charge < -0.3 is 4.90 Å².